The number of aliphatic hydroxyl groups is 1. The van der Waals surface area contributed by atoms with E-state index in [0.29, 0.717) is 32.1 Å². The molecule has 0 saturated carbocycles. The summed E-state index contributed by atoms with van der Waals surface area (Å²) in [7, 11) is 0. The first-order valence-corrected chi connectivity index (χ1v) is 9.29. The van der Waals surface area contributed by atoms with Gasteiger partial charge < -0.3 is 15.7 Å². The van der Waals surface area contributed by atoms with E-state index in [1.165, 1.54) is 4.90 Å². The molecule has 0 radical (unpaired) electrons. The molecule has 0 aromatic heterocycles. The van der Waals surface area contributed by atoms with Crippen molar-refractivity contribution in [3.05, 3.63) is 35.9 Å². The predicted octanol–water partition coefficient (Wildman–Crippen LogP) is 2.95. The van der Waals surface area contributed by atoms with Crippen LogP contribution in [0.3, 0.4) is 0 Å². The quantitative estimate of drug-likeness (QED) is 0.298. The Hall–Kier alpha value is -1.07. The Morgan fingerprint density at radius 3 is 2.54 bits per heavy atom. The van der Waals surface area contributed by atoms with Crippen molar-refractivity contribution < 1.29 is 18.3 Å². The van der Waals surface area contributed by atoms with E-state index < -0.39 is 18.3 Å². The van der Waals surface area contributed by atoms with Crippen LogP contribution in [0.2, 0.25) is 0 Å². The van der Waals surface area contributed by atoms with Crippen molar-refractivity contribution in [3.63, 3.8) is 0 Å². The van der Waals surface area contributed by atoms with Gasteiger partial charge in [-0.2, -0.15) is 13.2 Å². The number of hydrogen-bond donors (Lipinski definition) is 3. The molecular formula is C19H30F3IN4O. The Morgan fingerprint density at radius 1 is 1.25 bits per heavy atom. The largest absolute Gasteiger partial charge is 0.401 e. The van der Waals surface area contributed by atoms with E-state index in [0.717, 1.165) is 12.0 Å². The molecule has 160 valence electrons. The van der Waals surface area contributed by atoms with Gasteiger partial charge >= 0.3 is 6.18 Å². The highest BCUT2D eigenvalue weighted by molar-refractivity contribution is 14.0. The number of rotatable bonds is 7. The number of hydrogen-bond acceptors (Lipinski definition) is 3. The number of likely N-dealkylation sites (tertiary alicyclic amines) is 1. The molecule has 1 saturated heterocycles. The Bertz CT molecular complexity index is 611. The number of nitrogens with one attached hydrogen (secondary N) is 2. The summed E-state index contributed by atoms with van der Waals surface area (Å²) in [4.78, 5) is 5.89. The van der Waals surface area contributed by atoms with Gasteiger partial charge in [0, 0.05) is 19.6 Å². The maximum atomic E-state index is 12.5. The topological polar surface area (TPSA) is 59.9 Å². The molecular weight excluding hydrogens is 484 g/mol. The third-order valence-corrected chi connectivity index (χ3v) is 4.62. The molecule has 0 amide bonds. The number of nitrogens with zero attached hydrogens (tertiary/aromatic N) is 2. The molecule has 1 aliphatic rings. The van der Waals surface area contributed by atoms with Crippen LogP contribution in [0.4, 0.5) is 13.2 Å². The third kappa shape index (κ3) is 8.52. The summed E-state index contributed by atoms with van der Waals surface area (Å²) in [6.45, 7) is 5.07. The van der Waals surface area contributed by atoms with Crippen molar-refractivity contribution in [2.45, 2.75) is 32.0 Å². The predicted molar refractivity (Wildman–Crippen MR) is 116 cm³/mol. The summed E-state index contributed by atoms with van der Waals surface area (Å²) in [5.74, 6) is 0.703. The van der Waals surface area contributed by atoms with Crippen LogP contribution in [-0.2, 0) is 5.60 Å². The van der Waals surface area contributed by atoms with Crippen molar-refractivity contribution in [2.24, 2.45) is 10.9 Å². The van der Waals surface area contributed by atoms with E-state index in [1.807, 2.05) is 37.3 Å². The van der Waals surface area contributed by atoms with Crippen LogP contribution < -0.4 is 10.6 Å². The summed E-state index contributed by atoms with van der Waals surface area (Å²) in [5.41, 5.74) is -0.316. The highest BCUT2D eigenvalue weighted by Gasteiger charge is 2.34. The van der Waals surface area contributed by atoms with Gasteiger partial charge in [-0.1, -0.05) is 30.3 Å². The van der Waals surface area contributed by atoms with Crippen LogP contribution >= 0.6 is 24.0 Å². The molecule has 1 aliphatic heterocycles. The summed E-state index contributed by atoms with van der Waals surface area (Å²) in [6.07, 6.45) is -3.42. The molecule has 0 bridgehead atoms. The number of alkyl halides is 3. The van der Waals surface area contributed by atoms with Gasteiger partial charge in [0.25, 0.3) is 0 Å². The second-order valence-electron chi connectivity index (χ2n) is 7.22. The Labute approximate surface area is 181 Å². The second kappa shape index (κ2) is 11.2. The van der Waals surface area contributed by atoms with E-state index in [9.17, 15) is 18.3 Å². The van der Waals surface area contributed by atoms with Gasteiger partial charge in [0.05, 0.1) is 13.1 Å². The van der Waals surface area contributed by atoms with Crippen LogP contribution in [0.25, 0.3) is 0 Å². The SMILES string of the molecule is CCNC(=NCC(C)(O)c1ccccc1)NCC1CCN(CC(F)(F)F)C1.I. The normalized spacial score (nSPS) is 20.4. The first-order valence-electron chi connectivity index (χ1n) is 9.29. The van der Waals surface area contributed by atoms with E-state index in [4.69, 9.17) is 0 Å². The van der Waals surface area contributed by atoms with E-state index in [2.05, 4.69) is 15.6 Å². The number of guanidine groups is 1. The molecule has 28 heavy (non-hydrogen) atoms. The van der Waals surface area contributed by atoms with Gasteiger partial charge in [-0.05, 0) is 38.3 Å². The standard InChI is InChI=1S/C19H29F3N4O.HI/c1-3-23-17(25-13-18(2,27)16-7-5-4-6-8-16)24-11-15-9-10-26(12-15)14-19(20,21)22;/h4-8,15,27H,3,9-14H2,1-2H3,(H2,23,24,25);1H. The number of aliphatic imine (C=N–C) groups is 1. The summed E-state index contributed by atoms with van der Waals surface area (Å²) < 4.78 is 37.5. The fourth-order valence-electron chi connectivity index (χ4n) is 3.18. The zero-order chi connectivity index (χ0) is 19.9. The fraction of sp³-hybridized carbons (Fsp3) is 0.632. The molecule has 0 spiro atoms. The minimum Gasteiger partial charge on any atom is -0.384 e. The van der Waals surface area contributed by atoms with Crippen LogP contribution in [0, 0.1) is 5.92 Å². The molecule has 2 atom stereocenters. The van der Waals surface area contributed by atoms with Crippen LogP contribution in [-0.4, -0.2) is 61.4 Å². The minimum absolute atomic E-state index is 0. The smallest absolute Gasteiger partial charge is 0.384 e. The highest BCUT2D eigenvalue weighted by atomic mass is 127. The van der Waals surface area contributed by atoms with Gasteiger partial charge in [-0.15, -0.1) is 24.0 Å². The molecule has 3 N–H and O–H groups in total. The van der Waals surface area contributed by atoms with Crippen LogP contribution in [0.1, 0.15) is 25.8 Å². The van der Waals surface area contributed by atoms with E-state index in [-0.39, 0.29) is 36.4 Å². The molecule has 9 heteroatoms. The lowest BCUT2D eigenvalue weighted by Gasteiger charge is -2.23. The molecule has 1 heterocycles. The Kier molecular flexibility index (Phi) is 9.99. The summed E-state index contributed by atoms with van der Waals surface area (Å²) in [5, 5.41) is 17.0. The lowest BCUT2D eigenvalue weighted by Crippen LogP contribution is -2.41. The Morgan fingerprint density at radius 2 is 1.93 bits per heavy atom. The van der Waals surface area contributed by atoms with Crippen LogP contribution in [0.5, 0.6) is 0 Å². The zero-order valence-corrected chi connectivity index (χ0v) is 18.6. The molecule has 2 rings (SSSR count). The van der Waals surface area contributed by atoms with Crippen molar-refractivity contribution >= 4 is 29.9 Å². The van der Waals surface area contributed by atoms with Gasteiger partial charge in [-0.3, -0.25) is 4.90 Å². The van der Waals surface area contributed by atoms with Crippen LogP contribution in [0.15, 0.2) is 35.3 Å². The third-order valence-electron chi connectivity index (χ3n) is 4.62. The van der Waals surface area contributed by atoms with Gasteiger partial charge in [-0.25, -0.2) is 4.99 Å². The first kappa shape index (κ1) is 25.0. The average Bonchev–Trinajstić information content (AvgIpc) is 3.03. The van der Waals surface area contributed by atoms with Gasteiger partial charge in [0.15, 0.2) is 5.96 Å². The second-order valence-corrected chi connectivity index (χ2v) is 7.22. The van der Waals surface area contributed by atoms with Gasteiger partial charge in [0.1, 0.15) is 5.60 Å². The Balaban J connectivity index is 0.00000392. The van der Waals surface area contributed by atoms with Gasteiger partial charge in [0.2, 0.25) is 0 Å². The maximum absolute atomic E-state index is 12.5. The highest BCUT2D eigenvalue weighted by Crippen LogP contribution is 2.22. The maximum Gasteiger partial charge on any atom is 0.401 e. The summed E-state index contributed by atoms with van der Waals surface area (Å²) in [6, 6.07) is 9.32. The molecule has 0 aliphatic carbocycles. The molecule has 5 nitrogen and oxygen atoms in total. The van der Waals surface area contributed by atoms with Crippen molar-refractivity contribution in [1.29, 1.82) is 0 Å². The first-order chi connectivity index (χ1) is 12.7. The van der Waals surface area contributed by atoms with Crippen molar-refractivity contribution in [2.75, 3.05) is 39.3 Å². The van der Waals surface area contributed by atoms with Crippen molar-refractivity contribution in [1.82, 2.24) is 15.5 Å². The molecule has 1 aromatic rings. The number of halogens is 4. The van der Waals surface area contributed by atoms with E-state index in [1.54, 1.807) is 6.92 Å². The lowest BCUT2D eigenvalue weighted by atomic mass is 9.96. The zero-order valence-electron chi connectivity index (χ0n) is 16.3. The van der Waals surface area contributed by atoms with E-state index >= 15 is 0 Å². The minimum atomic E-state index is -4.15. The lowest BCUT2D eigenvalue weighted by molar-refractivity contribution is -0.143. The summed E-state index contributed by atoms with van der Waals surface area (Å²) >= 11 is 0. The average molecular weight is 514 g/mol. The fourth-order valence-corrected chi connectivity index (χ4v) is 3.18. The molecule has 1 aromatic carbocycles. The monoisotopic (exact) mass is 514 g/mol. The molecule has 2 unspecified atom stereocenters. The molecule has 1 fully saturated rings. The number of benzene rings is 1. The van der Waals surface area contributed by atoms with Crippen molar-refractivity contribution in [3.8, 4) is 0 Å².